The molecule has 0 spiro atoms. The van der Waals surface area contributed by atoms with Crippen molar-refractivity contribution in [2.24, 2.45) is 5.92 Å². The Morgan fingerprint density at radius 3 is 2.56 bits per heavy atom. The molecule has 2 aliphatic heterocycles. The van der Waals surface area contributed by atoms with Gasteiger partial charge in [0.15, 0.2) is 0 Å². The molecule has 4 heteroatoms. The molecule has 0 bridgehead atoms. The third kappa shape index (κ3) is 2.55. The van der Waals surface area contributed by atoms with E-state index in [1.54, 1.807) is 0 Å². The van der Waals surface area contributed by atoms with Crippen LogP contribution in [0.4, 0.5) is 0 Å². The van der Waals surface area contributed by atoms with Crippen molar-refractivity contribution in [1.29, 1.82) is 0 Å². The summed E-state index contributed by atoms with van der Waals surface area (Å²) in [6, 6.07) is 0.0238. The summed E-state index contributed by atoms with van der Waals surface area (Å²) >= 11 is 0. The maximum atomic E-state index is 11.8. The largest absolute Gasteiger partial charge is 0.328 e. The maximum Gasteiger partial charge on any atom is 0.240 e. The van der Waals surface area contributed by atoms with Crippen molar-refractivity contribution in [2.75, 3.05) is 32.8 Å². The Bertz CT molecular complexity index is 249. The molecule has 0 aromatic carbocycles. The number of carbonyl (C=O) groups excluding carboxylic acids is 1. The van der Waals surface area contributed by atoms with E-state index in [2.05, 4.69) is 17.1 Å². The number of carbonyl (C=O) groups is 1. The van der Waals surface area contributed by atoms with E-state index >= 15 is 0 Å². The average Bonchev–Trinajstić information content (AvgIpc) is 2.62. The summed E-state index contributed by atoms with van der Waals surface area (Å²) in [5, 5.41) is 3.19. The highest BCUT2D eigenvalue weighted by atomic mass is 16.2. The summed E-state index contributed by atoms with van der Waals surface area (Å²) < 4.78 is 0. The predicted molar refractivity (Wildman–Crippen MR) is 64.0 cm³/mol. The molecule has 2 fully saturated rings. The van der Waals surface area contributed by atoms with E-state index < -0.39 is 0 Å². The van der Waals surface area contributed by atoms with E-state index in [0.717, 1.165) is 19.8 Å². The Hall–Kier alpha value is -0.610. The summed E-state index contributed by atoms with van der Waals surface area (Å²) in [5.41, 5.74) is 0. The minimum atomic E-state index is 0.0238. The van der Waals surface area contributed by atoms with Crippen LogP contribution in [0.25, 0.3) is 0 Å². The van der Waals surface area contributed by atoms with E-state index in [1.165, 1.54) is 25.9 Å². The maximum absolute atomic E-state index is 11.8. The van der Waals surface area contributed by atoms with Crippen molar-refractivity contribution >= 4 is 5.91 Å². The number of hydrogen-bond donors (Lipinski definition) is 1. The summed E-state index contributed by atoms with van der Waals surface area (Å²) in [7, 11) is 0. The molecule has 1 unspecified atom stereocenters. The van der Waals surface area contributed by atoms with Crippen molar-refractivity contribution in [3.63, 3.8) is 0 Å². The Morgan fingerprint density at radius 2 is 2.06 bits per heavy atom. The van der Waals surface area contributed by atoms with Gasteiger partial charge in [0.25, 0.3) is 0 Å². The molecular formula is C12H23N3O. The van der Waals surface area contributed by atoms with Gasteiger partial charge in [-0.1, -0.05) is 6.92 Å². The second kappa shape index (κ2) is 5.15. The lowest BCUT2D eigenvalue weighted by Gasteiger charge is -2.32. The van der Waals surface area contributed by atoms with Gasteiger partial charge < -0.3 is 9.80 Å². The van der Waals surface area contributed by atoms with Crippen LogP contribution in [0.3, 0.4) is 0 Å². The molecule has 92 valence electrons. The number of piperidine rings is 1. The van der Waals surface area contributed by atoms with E-state index in [-0.39, 0.29) is 11.9 Å². The van der Waals surface area contributed by atoms with Crippen LogP contribution in [0.15, 0.2) is 0 Å². The molecule has 16 heavy (non-hydrogen) atoms. The SMILES string of the molecule is CCN1CCC(CN2CNC(C)C2=O)CC1. The molecule has 1 N–H and O–H groups in total. The molecule has 2 rings (SSSR count). The second-order valence-electron chi connectivity index (χ2n) is 5.02. The molecular weight excluding hydrogens is 202 g/mol. The zero-order valence-electron chi connectivity index (χ0n) is 10.4. The predicted octanol–water partition coefficient (Wildman–Crippen LogP) is 0.496. The minimum Gasteiger partial charge on any atom is -0.328 e. The van der Waals surface area contributed by atoms with Crippen LogP contribution < -0.4 is 5.32 Å². The zero-order chi connectivity index (χ0) is 11.5. The summed E-state index contributed by atoms with van der Waals surface area (Å²) in [5.74, 6) is 0.983. The number of amides is 1. The summed E-state index contributed by atoms with van der Waals surface area (Å²) in [4.78, 5) is 16.2. The number of nitrogens with zero attached hydrogens (tertiary/aromatic N) is 2. The lowest BCUT2D eigenvalue weighted by Crippen LogP contribution is -2.39. The number of hydrogen-bond acceptors (Lipinski definition) is 3. The lowest BCUT2D eigenvalue weighted by atomic mass is 9.96. The average molecular weight is 225 g/mol. The third-order valence-electron chi connectivity index (χ3n) is 3.90. The fourth-order valence-corrected chi connectivity index (χ4v) is 2.64. The monoisotopic (exact) mass is 225 g/mol. The molecule has 2 heterocycles. The highest BCUT2D eigenvalue weighted by Crippen LogP contribution is 2.19. The molecule has 2 saturated heterocycles. The van der Waals surface area contributed by atoms with Crippen molar-refractivity contribution < 1.29 is 4.79 Å². The first-order valence-electron chi connectivity index (χ1n) is 6.45. The van der Waals surface area contributed by atoms with Crippen molar-refractivity contribution in [2.45, 2.75) is 32.7 Å². The van der Waals surface area contributed by atoms with Gasteiger partial charge in [-0.3, -0.25) is 10.1 Å². The minimum absolute atomic E-state index is 0.0238. The molecule has 1 amide bonds. The fourth-order valence-electron chi connectivity index (χ4n) is 2.64. The van der Waals surface area contributed by atoms with Crippen molar-refractivity contribution in [1.82, 2.24) is 15.1 Å². The van der Waals surface area contributed by atoms with Gasteiger partial charge in [0.05, 0.1) is 12.7 Å². The Labute approximate surface area is 98.0 Å². The number of rotatable bonds is 3. The van der Waals surface area contributed by atoms with Crippen LogP contribution in [0.5, 0.6) is 0 Å². The third-order valence-corrected chi connectivity index (χ3v) is 3.90. The zero-order valence-corrected chi connectivity index (χ0v) is 10.4. The van der Waals surface area contributed by atoms with Crippen LogP contribution in [0.2, 0.25) is 0 Å². The quantitative estimate of drug-likeness (QED) is 0.759. The van der Waals surface area contributed by atoms with Crippen LogP contribution in [-0.2, 0) is 4.79 Å². The van der Waals surface area contributed by atoms with Gasteiger partial charge in [-0.05, 0) is 45.3 Å². The van der Waals surface area contributed by atoms with Gasteiger partial charge in [0.2, 0.25) is 5.91 Å². The molecule has 0 aromatic rings. The summed E-state index contributed by atoms with van der Waals surface area (Å²) in [6.07, 6.45) is 2.48. The normalized spacial score (nSPS) is 29.0. The molecule has 0 radical (unpaired) electrons. The Morgan fingerprint density at radius 1 is 1.38 bits per heavy atom. The van der Waals surface area contributed by atoms with Gasteiger partial charge in [-0.15, -0.1) is 0 Å². The first kappa shape index (κ1) is 11.9. The topological polar surface area (TPSA) is 35.6 Å². The van der Waals surface area contributed by atoms with Gasteiger partial charge >= 0.3 is 0 Å². The first-order chi connectivity index (χ1) is 7.70. The van der Waals surface area contributed by atoms with Crippen LogP contribution in [0, 0.1) is 5.92 Å². The van der Waals surface area contributed by atoms with Crippen LogP contribution in [0.1, 0.15) is 26.7 Å². The molecule has 4 nitrogen and oxygen atoms in total. The molecule has 0 saturated carbocycles. The Kier molecular flexibility index (Phi) is 3.82. The highest BCUT2D eigenvalue weighted by Gasteiger charge is 2.30. The highest BCUT2D eigenvalue weighted by molar-refractivity contribution is 5.83. The first-order valence-corrected chi connectivity index (χ1v) is 6.45. The fraction of sp³-hybridized carbons (Fsp3) is 0.917. The van der Waals surface area contributed by atoms with Crippen LogP contribution in [-0.4, -0.2) is 54.6 Å². The van der Waals surface area contributed by atoms with Crippen molar-refractivity contribution in [3.8, 4) is 0 Å². The summed E-state index contributed by atoms with van der Waals surface area (Å²) in [6.45, 7) is 9.42. The molecule has 1 atom stereocenters. The molecule has 0 aliphatic carbocycles. The van der Waals surface area contributed by atoms with E-state index in [0.29, 0.717) is 5.92 Å². The molecule has 2 aliphatic rings. The van der Waals surface area contributed by atoms with E-state index in [1.807, 2.05) is 11.8 Å². The van der Waals surface area contributed by atoms with Gasteiger partial charge in [0, 0.05) is 6.54 Å². The van der Waals surface area contributed by atoms with Gasteiger partial charge in [-0.2, -0.15) is 0 Å². The number of likely N-dealkylation sites (tertiary alicyclic amines) is 1. The molecule has 0 aromatic heterocycles. The van der Waals surface area contributed by atoms with Crippen LogP contribution >= 0.6 is 0 Å². The van der Waals surface area contributed by atoms with E-state index in [4.69, 9.17) is 0 Å². The van der Waals surface area contributed by atoms with Gasteiger partial charge in [0.1, 0.15) is 0 Å². The Balaban J connectivity index is 1.77. The number of nitrogens with one attached hydrogen (secondary N) is 1. The standard InChI is InChI=1S/C12H23N3O/c1-3-14-6-4-11(5-7-14)8-15-9-13-10(2)12(15)16/h10-11,13H,3-9H2,1-2H3. The lowest BCUT2D eigenvalue weighted by molar-refractivity contribution is -0.129. The van der Waals surface area contributed by atoms with Gasteiger partial charge in [-0.25, -0.2) is 0 Å². The van der Waals surface area contributed by atoms with Crippen molar-refractivity contribution in [3.05, 3.63) is 0 Å². The van der Waals surface area contributed by atoms with E-state index in [9.17, 15) is 4.79 Å². The smallest absolute Gasteiger partial charge is 0.240 e. The second-order valence-corrected chi connectivity index (χ2v) is 5.02.